The number of hydrogen-bond donors (Lipinski definition) is 1. The van der Waals surface area contributed by atoms with Crippen molar-refractivity contribution in [2.45, 2.75) is 26.3 Å². The molecular weight excluding hydrogens is 244 g/mol. The number of likely N-dealkylation sites (tertiary alicyclic amines) is 1. The van der Waals surface area contributed by atoms with Crippen molar-refractivity contribution in [3.05, 3.63) is 34.9 Å². The third-order valence-electron chi connectivity index (χ3n) is 3.83. The van der Waals surface area contributed by atoms with Crippen molar-refractivity contribution in [3.8, 4) is 0 Å². The lowest BCUT2D eigenvalue weighted by Gasteiger charge is -2.17. The van der Waals surface area contributed by atoms with Crippen molar-refractivity contribution >= 4 is 11.6 Å². The van der Waals surface area contributed by atoms with Gasteiger partial charge < -0.3 is 5.73 Å². The molecule has 1 fully saturated rings. The van der Waals surface area contributed by atoms with Crippen molar-refractivity contribution in [1.29, 1.82) is 0 Å². The molecular formula is C15H23ClN2. The topological polar surface area (TPSA) is 29.3 Å². The van der Waals surface area contributed by atoms with Crippen LogP contribution in [0.1, 0.15) is 25.3 Å². The molecule has 3 heteroatoms. The van der Waals surface area contributed by atoms with E-state index in [1.807, 2.05) is 12.1 Å². The zero-order chi connectivity index (χ0) is 13.0. The van der Waals surface area contributed by atoms with Crippen molar-refractivity contribution in [1.82, 2.24) is 4.90 Å². The molecule has 2 unspecified atom stereocenters. The van der Waals surface area contributed by atoms with E-state index in [1.54, 1.807) is 0 Å². The second kappa shape index (κ2) is 6.55. The Morgan fingerprint density at radius 1 is 1.39 bits per heavy atom. The fourth-order valence-corrected chi connectivity index (χ4v) is 2.89. The summed E-state index contributed by atoms with van der Waals surface area (Å²) in [5.41, 5.74) is 7.05. The Bertz CT molecular complexity index is 363. The summed E-state index contributed by atoms with van der Waals surface area (Å²) in [4.78, 5) is 2.54. The smallest absolute Gasteiger partial charge is 0.0406 e. The van der Waals surface area contributed by atoms with E-state index in [9.17, 15) is 0 Å². The summed E-state index contributed by atoms with van der Waals surface area (Å²) < 4.78 is 0. The van der Waals surface area contributed by atoms with Crippen molar-refractivity contribution < 1.29 is 0 Å². The maximum absolute atomic E-state index is 5.90. The summed E-state index contributed by atoms with van der Waals surface area (Å²) >= 11 is 5.90. The van der Waals surface area contributed by atoms with Gasteiger partial charge in [-0.15, -0.1) is 0 Å². The molecule has 1 aromatic carbocycles. The second-order valence-electron chi connectivity index (χ2n) is 5.59. The van der Waals surface area contributed by atoms with Crippen molar-refractivity contribution in [2.24, 2.45) is 17.6 Å². The monoisotopic (exact) mass is 266 g/mol. The first-order chi connectivity index (χ1) is 8.67. The molecule has 2 nitrogen and oxygen atoms in total. The summed E-state index contributed by atoms with van der Waals surface area (Å²) in [5.74, 6) is 1.49. The molecule has 1 aliphatic rings. The first kappa shape index (κ1) is 13.9. The molecule has 0 bridgehead atoms. The average Bonchev–Trinajstić information content (AvgIpc) is 2.79. The van der Waals surface area contributed by atoms with E-state index in [0.717, 1.165) is 24.0 Å². The largest absolute Gasteiger partial charge is 0.330 e. The van der Waals surface area contributed by atoms with Crippen molar-refractivity contribution in [2.75, 3.05) is 19.6 Å². The third kappa shape index (κ3) is 3.98. The Morgan fingerprint density at radius 3 is 2.78 bits per heavy atom. The van der Waals surface area contributed by atoms with E-state index in [2.05, 4.69) is 24.0 Å². The highest BCUT2D eigenvalue weighted by Gasteiger charge is 2.23. The number of nitrogens with two attached hydrogens (primary N) is 1. The van der Waals surface area contributed by atoms with E-state index in [1.165, 1.54) is 31.5 Å². The first-order valence-corrected chi connectivity index (χ1v) is 7.22. The Balaban J connectivity index is 1.80. The molecule has 0 radical (unpaired) electrons. The molecule has 2 rings (SSSR count). The van der Waals surface area contributed by atoms with Crippen LogP contribution >= 0.6 is 11.6 Å². The van der Waals surface area contributed by atoms with Gasteiger partial charge in [-0.1, -0.05) is 30.7 Å². The van der Waals surface area contributed by atoms with E-state index >= 15 is 0 Å². The predicted molar refractivity (Wildman–Crippen MR) is 77.7 cm³/mol. The van der Waals surface area contributed by atoms with Gasteiger partial charge in [0.15, 0.2) is 0 Å². The van der Waals surface area contributed by atoms with Crippen molar-refractivity contribution in [3.63, 3.8) is 0 Å². The summed E-state index contributed by atoms with van der Waals surface area (Å²) in [6, 6.07) is 8.19. The van der Waals surface area contributed by atoms with Gasteiger partial charge in [-0.25, -0.2) is 0 Å². The van der Waals surface area contributed by atoms with E-state index < -0.39 is 0 Å². The molecule has 1 aliphatic heterocycles. The third-order valence-corrected chi connectivity index (χ3v) is 4.08. The van der Waals surface area contributed by atoms with E-state index in [4.69, 9.17) is 17.3 Å². The second-order valence-corrected chi connectivity index (χ2v) is 6.03. The molecule has 0 aliphatic carbocycles. The van der Waals surface area contributed by atoms with Gasteiger partial charge in [0.2, 0.25) is 0 Å². The normalized spacial score (nSPS) is 22.3. The predicted octanol–water partition coefficient (Wildman–Crippen LogP) is 3.15. The molecule has 2 atom stereocenters. The van der Waals surface area contributed by atoms with Gasteiger partial charge in [-0.05, 0) is 55.5 Å². The summed E-state index contributed by atoms with van der Waals surface area (Å²) in [5, 5.41) is 0.815. The molecule has 2 N–H and O–H groups in total. The minimum atomic E-state index is 0.658. The lowest BCUT2D eigenvalue weighted by atomic mass is 9.95. The van der Waals surface area contributed by atoms with E-state index in [-0.39, 0.29) is 0 Å². The number of halogens is 1. The van der Waals surface area contributed by atoms with Crippen LogP contribution in [-0.4, -0.2) is 24.5 Å². The van der Waals surface area contributed by atoms with Gasteiger partial charge in [0.25, 0.3) is 0 Å². The number of benzene rings is 1. The maximum atomic E-state index is 5.90. The molecule has 100 valence electrons. The van der Waals surface area contributed by atoms with Crippen LogP contribution in [0.2, 0.25) is 5.02 Å². The average molecular weight is 267 g/mol. The van der Waals surface area contributed by atoms with E-state index in [0.29, 0.717) is 5.92 Å². The summed E-state index contributed by atoms with van der Waals surface area (Å²) in [6.45, 7) is 6.54. The maximum Gasteiger partial charge on any atom is 0.0406 e. The number of rotatable bonds is 5. The van der Waals surface area contributed by atoms with Crippen LogP contribution in [0.5, 0.6) is 0 Å². The Labute approximate surface area is 115 Å². The number of nitrogens with zero attached hydrogens (tertiary/aromatic N) is 1. The molecule has 0 aromatic heterocycles. The molecule has 0 saturated carbocycles. The van der Waals surface area contributed by atoms with Crippen LogP contribution in [0.4, 0.5) is 0 Å². The Kier molecular flexibility index (Phi) is 5.04. The van der Waals surface area contributed by atoms with Crippen LogP contribution < -0.4 is 5.73 Å². The van der Waals surface area contributed by atoms with Crippen LogP contribution in [0, 0.1) is 11.8 Å². The first-order valence-electron chi connectivity index (χ1n) is 6.84. The summed E-state index contributed by atoms with van der Waals surface area (Å²) in [6.07, 6.45) is 2.59. The Hall–Kier alpha value is -0.570. The fourth-order valence-electron chi connectivity index (χ4n) is 2.76. The van der Waals surface area contributed by atoms with Crippen LogP contribution in [0.3, 0.4) is 0 Å². The molecule has 1 heterocycles. The van der Waals surface area contributed by atoms with Gasteiger partial charge in [0, 0.05) is 18.1 Å². The van der Waals surface area contributed by atoms with Gasteiger partial charge in [0.1, 0.15) is 0 Å². The molecule has 0 spiro atoms. The minimum Gasteiger partial charge on any atom is -0.330 e. The quantitative estimate of drug-likeness (QED) is 0.887. The minimum absolute atomic E-state index is 0.658. The van der Waals surface area contributed by atoms with Crippen LogP contribution in [0.25, 0.3) is 0 Å². The van der Waals surface area contributed by atoms with Gasteiger partial charge in [0.05, 0.1) is 0 Å². The highest BCUT2D eigenvalue weighted by Crippen LogP contribution is 2.24. The van der Waals surface area contributed by atoms with Gasteiger partial charge in [-0.3, -0.25) is 4.90 Å². The fraction of sp³-hybridized carbons (Fsp3) is 0.600. The Morgan fingerprint density at radius 2 is 2.11 bits per heavy atom. The standard InChI is InChI=1S/C15H23ClN2/c1-12(9-17)8-14-6-7-18(11-14)10-13-2-4-15(16)5-3-13/h2-5,12,14H,6-11,17H2,1H3. The molecule has 1 aromatic rings. The van der Waals surface area contributed by atoms with Crippen LogP contribution in [-0.2, 0) is 6.54 Å². The zero-order valence-corrected chi connectivity index (χ0v) is 11.9. The van der Waals surface area contributed by atoms with Gasteiger partial charge >= 0.3 is 0 Å². The highest BCUT2D eigenvalue weighted by molar-refractivity contribution is 6.30. The molecule has 18 heavy (non-hydrogen) atoms. The van der Waals surface area contributed by atoms with Crippen LogP contribution in [0.15, 0.2) is 24.3 Å². The summed E-state index contributed by atoms with van der Waals surface area (Å²) in [7, 11) is 0. The highest BCUT2D eigenvalue weighted by atomic mass is 35.5. The number of hydrogen-bond acceptors (Lipinski definition) is 2. The lowest BCUT2D eigenvalue weighted by molar-refractivity contribution is 0.303. The molecule has 1 saturated heterocycles. The molecule has 0 amide bonds. The SMILES string of the molecule is CC(CN)CC1CCN(Cc2ccc(Cl)cc2)C1. The van der Waals surface area contributed by atoms with Gasteiger partial charge in [-0.2, -0.15) is 0 Å². The zero-order valence-electron chi connectivity index (χ0n) is 11.1. The lowest BCUT2D eigenvalue weighted by Crippen LogP contribution is -2.21.